The molecule has 0 unspecified atom stereocenters. The van der Waals surface area contributed by atoms with Gasteiger partial charge in [-0.05, 0) is 36.5 Å². The van der Waals surface area contributed by atoms with Gasteiger partial charge in [0, 0.05) is 86.2 Å². The van der Waals surface area contributed by atoms with Gasteiger partial charge >= 0.3 is 0 Å². The molecule has 0 spiro atoms. The number of nitriles is 1. The molecule has 1 saturated heterocycles. The number of fused-ring (bicyclic) bond motifs is 1. The SMILES string of the molecule is C=NCc1cnn2cc(-c3cnn(C)c3)cc(-c3ccc(N4CCN(Cc5ccccc5C#N)CC4)nc3)c12. The first-order valence-corrected chi connectivity index (χ1v) is 13.0. The number of aryl methyl sites for hydroxylation is 1. The van der Waals surface area contributed by atoms with Crippen molar-refractivity contribution < 1.29 is 0 Å². The van der Waals surface area contributed by atoms with Gasteiger partial charge in [-0.3, -0.25) is 14.6 Å². The fourth-order valence-electron chi connectivity index (χ4n) is 5.25. The Morgan fingerprint density at radius 3 is 2.49 bits per heavy atom. The van der Waals surface area contributed by atoms with E-state index in [1.165, 1.54) is 0 Å². The van der Waals surface area contributed by atoms with Crippen molar-refractivity contribution in [3.8, 4) is 28.3 Å². The Morgan fingerprint density at radius 2 is 1.77 bits per heavy atom. The number of aromatic nitrogens is 5. The van der Waals surface area contributed by atoms with E-state index in [1.54, 1.807) is 4.68 Å². The van der Waals surface area contributed by atoms with Crippen molar-refractivity contribution in [2.75, 3.05) is 31.1 Å². The van der Waals surface area contributed by atoms with E-state index >= 15 is 0 Å². The van der Waals surface area contributed by atoms with E-state index in [4.69, 9.17) is 4.98 Å². The van der Waals surface area contributed by atoms with E-state index in [9.17, 15) is 5.26 Å². The number of hydrogen-bond donors (Lipinski definition) is 0. The summed E-state index contributed by atoms with van der Waals surface area (Å²) >= 11 is 0. The standard InChI is InChI=1S/C30H29N9/c1-32-15-26-17-35-39-21-25(27-18-34-36(2)19-27)13-28(30(26)39)23-7-8-29(33-16-23)38-11-9-37(10-12-38)20-24-6-4-3-5-22(24)14-31/h3-8,13,16-19,21H,1,9-12,15,20H2,2H3. The first-order valence-electron chi connectivity index (χ1n) is 13.0. The number of pyridine rings is 2. The van der Waals surface area contributed by atoms with Crippen LogP contribution in [0.15, 0.2) is 78.4 Å². The van der Waals surface area contributed by atoms with Gasteiger partial charge < -0.3 is 4.90 Å². The molecule has 6 rings (SSSR count). The molecular weight excluding hydrogens is 486 g/mol. The average molecular weight is 516 g/mol. The summed E-state index contributed by atoms with van der Waals surface area (Å²) in [6.07, 6.45) is 9.70. The Labute approximate surface area is 227 Å². The zero-order valence-corrected chi connectivity index (χ0v) is 21.9. The third kappa shape index (κ3) is 4.90. The Bertz CT molecular complexity index is 1670. The molecule has 0 N–H and O–H groups in total. The van der Waals surface area contributed by atoms with Gasteiger partial charge in [0.05, 0.1) is 36.1 Å². The minimum absolute atomic E-state index is 0.497. The molecule has 9 heteroatoms. The molecule has 194 valence electrons. The highest BCUT2D eigenvalue weighted by molar-refractivity contribution is 5.86. The zero-order valence-electron chi connectivity index (χ0n) is 21.9. The second kappa shape index (κ2) is 10.5. The Morgan fingerprint density at radius 1 is 0.923 bits per heavy atom. The lowest BCUT2D eigenvalue weighted by Crippen LogP contribution is -2.46. The van der Waals surface area contributed by atoms with Gasteiger partial charge in [0.1, 0.15) is 5.82 Å². The molecule has 39 heavy (non-hydrogen) atoms. The van der Waals surface area contributed by atoms with Crippen LogP contribution >= 0.6 is 0 Å². The van der Waals surface area contributed by atoms with Gasteiger partial charge in [-0.25, -0.2) is 9.50 Å². The lowest BCUT2D eigenvalue weighted by molar-refractivity contribution is 0.249. The lowest BCUT2D eigenvalue weighted by atomic mass is 10.0. The van der Waals surface area contributed by atoms with Crippen molar-refractivity contribution in [1.29, 1.82) is 5.26 Å². The van der Waals surface area contributed by atoms with Crippen LogP contribution < -0.4 is 4.90 Å². The highest BCUT2D eigenvalue weighted by Crippen LogP contribution is 2.33. The first-order chi connectivity index (χ1) is 19.1. The van der Waals surface area contributed by atoms with E-state index in [-0.39, 0.29) is 0 Å². The monoisotopic (exact) mass is 515 g/mol. The third-order valence-electron chi connectivity index (χ3n) is 7.29. The lowest BCUT2D eigenvalue weighted by Gasteiger charge is -2.35. The Balaban J connectivity index is 1.24. The third-order valence-corrected chi connectivity index (χ3v) is 7.29. The summed E-state index contributed by atoms with van der Waals surface area (Å²) in [5.41, 5.74) is 8.00. The van der Waals surface area contributed by atoms with Crippen LogP contribution in [-0.2, 0) is 20.1 Å². The number of aliphatic imine (C=N–C) groups is 1. The fraction of sp³-hybridized carbons (Fsp3) is 0.233. The summed E-state index contributed by atoms with van der Waals surface area (Å²) in [5.74, 6) is 0.969. The molecule has 5 aromatic rings. The number of anilines is 1. The van der Waals surface area contributed by atoms with Crippen molar-refractivity contribution in [2.24, 2.45) is 12.0 Å². The summed E-state index contributed by atoms with van der Waals surface area (Å²) in [6.45, 7) is 8.59. The van der Waals surface area contributed by atoms with Crippen molar-refractivity contribution in [1.82, 2.24) is 29.3 Å². The highest BCUT2D eigenvalue weighted by Gasteiger charge is 2.20. The van der Waals surface area contributed by atoms with Crippen LogP contribution in [0.1, 0.15) is 16.7 Å². The van der Waals surface area contributed by atoms with Crippen LogP contribution in [0.5, 0.6) is 0 Å². The van der Waals surface area contributed by atoms with Gasteiger partial charge in [0.2, 0.25) is 0 Å². The molecule has 0 amide bonds. The predicted octanol–water partition coefficient (Wildman–Crippen LogP) is 4.19. The number of hydrogen-bond acceptors (Lipinski definition) is 7. The molecule has 9 nitrogen and oxygen atoms in total. The van der Waals surface area contributed by atoms with Gasteiger partial charge in [-0.2, -0.15) is 15.5 Å². The minimum atomic E-state index is 0.497. The van der Waals surface area contributed by atoms with E-state index in [0.29, 0.717) is 6.54 Å². The second-order valence-corrected chi connectivity index (χ2v) is 9.83. The normalized spacial score (nSPS) is 14.0. The molecule has 1 aliphatic rings. The van der Waals surface area contributed by atoms with Crippen molar-refractivity contribution in [3.05, 3.63) is 90.1 Å². The molecule has 5 heterocycles. The van der Waals surface area contributed by atoms with Crippen LogP contribution in [0.4, 0.5) is 5.82 Å². The van der Waals surface area contributed by atoms with Gasteiger partial charge in [-0.1, -0.05) is 18.2 Å². The molecule has 0 aliphatic carbocycles. The van der Waals surface area contributed by atoms with Crippen LogP contribution in [0.2, 0.25) is 0 Å². The summed E-state index contributed by atoms with van der Waals surface area (Å²) in [6, 6.07) is 16.6. The number of piperazine rings is 1. The van der Waals surface area contributed by atoms with Crippen LogP contribution in [-0.4, -0.2) is 62.2 Å². The van der Waals surface area contributed by atoms with Crippen molar-refractivity contribution >= 4 is 18.1 Å². The quantitative estimate of drug-likeness (QED) is 0.302. The van der Waals surface area contributed by atoms with Gasteiger partial charge in [0.25, 0.3) is 0 Å². The van der Waals surface area contributed by atoms with Crippen LogP contribution in [0, 0.1) is 11.3 Å². The zero-order chi connectivity index (χ0) is 26.8. The minimum Gasteiger partial charge on any atom is -0.354 e. The molecule has 1 fully saturated rings. The summed E-state index contributed by atoms with van der Waals surface area (Å²) in [5, 5.41) is 18.3. The maximum absolute atomic E-state index is 9.40. The molecule has 0 radical (unpaired) electrons. The van der Waals surface area contributed by atoms with Crippen molar-refractivity contribution in [2.45, 2.75) is 13.1 Å². The number of benzene rings is 1. The van der Waals surface area contributed by atoms with E-state index in [1.807, 2.05) is 66.8 Å². The maximum Gasteiger partial charge on any atom is 0.128 e. The van der Waals surface area contributed by atoms with Gasteiger partial charge in [-0.15, -0.1) is 0 Å². The van der Waals surface area contributed by atoms with E-state index in [0.717, 1.165) is 83.0 Å². The van der Waals surface area contributed by atoms with Crippen LogP contribution in [0.25, 0.3) is 27.8 Å². The molecular formula is C30H29N9. The smallest absolute Gasteiger partial charge is 0.128 e. The maximum atomic E-state index is 9.40. The Kier molecular flexibility index (Phi) is 6.61. The molecule has 1 aromatic carbocycles. The van der Waals surface area contributed by atoms with Crippen LogP contribution in [0.3, 0.4) is 0 Å². The first kappa shape index (κ1) is 24.5. The second-order valence-electron chi connectivity index (χ2n) is 9.83. The van der Waals surface area contributed by atoms with Gasteiger partial charge in [0.15, 0.2) is 0 Å². The molecule has 4 aromatic heterocycles. The summed E-state index contributed by atoms with van der Waals surface area (Å²) < 4.78 is 3.71. The molecule has 1 aliphatic heterocycles. The van der Waals surface area contributed by atoms with Crippen molar-refractivity contribution in [3.63, 3.8) is 0 Å². The molecule has 0 atom stereocenters. The summed E-state index contributed by atoms with van der Waals surface area (Å²) in [4.78, 5) is 13.7. The largest absolute Gasteiger partial charge is 0.354 e. The molecule has 0 saturated carbocycles. The summed E-state index contributed by atoms with van der Waals surface area (Å²) in [7, 11) is 1.92. The average Bonchev–Trinajstić information content (AvgIpc) is 3.60. The fourth-order valence-corrected chi connectivity index (χ4v) is 5.25. The molecule has 0 bridgehead atoms. The number of rotatable bonds is 7. The predicted molar refractivity (Wildman–Crippen MR) is 153 cm³/mol. The van der Waals surface area contributed by atoms with E-state index < -0.39 is 0 Å². The number of nitrogens with zero attached hydrogens (tertiary/aromatic N) is 9. The Hall–Kier alpha value is -4.81. The van der Waals surface area contributed by atoms with E-state index in [2.05, 4.69) is 56.0 Å². The highest BCUT2D eigenvalue weighted by atomic mass is 15.3. The topological polar surface area (TPSA) is 90.6 Å².